The Morgan fingerprint density at radius 3 is 2.79 bits per heavy atom. The summed E-state index contributed by atoms with van der Waals surface area (Å²) in [6, 6.07) is 1.76. The highest BCUT2D eigenvalue weighted by Crippen LogP contribution is 2.46. The maximum atomic E-state index is 12.2. The van der Waals surface area contributed by atoms with Gasteiger partial charge in [-0.3, -0.25) is 0 Å². The molecular weight excluding hydrogens is 300 g/mol. The molecule has 0 aromatic carbocycles. The molecule has 1 fully saturated rings. The normalized spacial score (nSPS) is 17.6. The minimum Gasteiger partial charge on any atom is -0.312 e. The predicted octanol–water partition coefficient (Wildman–Crippen LogP) is 2.03. The first-order chi connectivity index (χ1) is 9.01. The summed E-state index contributed by atoms with van der Waals surface area (Å²) in [6.45, 7) is 4.18. The molecule has 0 atom stereocenters. The third-order valence-corrected chi connectivity index (χ3v) is 7.20. The van der Waals surface area contributed by atoms with Gasteiger partial charge in [0.2, 0.25) is 10.0 Å². The highest BCUT2D eigenvalue weighted by molar-refractivity contribution is 8.00. The summed E-state index contributed by atoms with van der Waals surface area (Å²) in [4.78, 5) is 1.44. The number of sulfonamides is 1. The van der Waals surface area contributed by atoms with E-state index in [9.17, 15) is 8.42 Å². The summed E-state index contributed by atoms with van der Waals surface area (Å²) in [5.41, 5.74) is 0. The lowest BCUT2D eigenvalue weighted by Gasteiger charge is -2.12. The topological polar surface area (TPSA) is 58.2 Å². The van der Waals surface area contributed by atoms with Crippen molar-refractivity contribution in [1.29, 1.82) is 0 Å². The van der Waals surface area contributed by atoms with E-state index >= 15 is 0 Å². The highest BCUT2D eigenvalue weighted by Gasteiger charge is 2.42. The lowest BCUT2D eigenvalue weighted by atomic mass is 10.4. The van der Waals surface area contributed by atoms with Gasteiger partial charge in [0.15, 0.2) is 0 Å². The third-order valence-electron chi connectivity index (χ3n) is 3.31. The van der Waals surface area contributed by atoms with Crippen molar-refractivity contribution in [2.75, 3.05) is 19.3 Å². The van der Waals surface area contributed by atoms with Crippen LogP contribution < -0.4 is 10.0 Å². The van der Waals surface area contributed by atoms with Gasteiger partial charge in [0.1, 0.15) is 0 Å². The maximum absolute atomic E-state index is 12.2. The Bertz CT molecular complexity index is 521. The summed E-state index contributed by atoms with van der Waals surface area (Å²) < 4.78 is 27.2. The molecule has 1 heterocycles. The summed E-state index contributed by atoms with van der Waals surface area (Å²) in [5.74, 6) is 0. The van der Waals surface area contributed by atoms with E-state index in [0.29, 0.717) is 11.4 Å². The van der Waals surface area contributed by atoms with Gasteiger partial charge in [-0.1, -0.05) is 6.92 Å². The standard InChI is InChI=1S/C12H20N2O2S3/c1-3-13-7-10-6-11(8-18-10)19(15,16)14-9-12(17-2)4-5-12/h6,8,13-14H,3-5,7,9H2,1-2H3. The zero-order chi connectivity index (χ0) is 13.9. The first-order valence-corrected chi connectivity index (χ1v) is 9.93. The molecule has 1 aliphatic rings. The molecule has 0 saturated heterocycles. The molecule has 2 rings (SSSR count). The summed E-state index contributed by atoms with van der Waals surface area (Å²) in [7, 11) is -3.35. The van der Waals surface area contributed by atoms with Crippen molar-refractivity contribution in [3.05, 3.63) is 16.3 Å². The van der Waals surface area contributed by atoms with E-state index in [2.05, 4.69) is 10.0 Å². The highest BCUT2D eigenvalue weighted by atomic mass is 32.2. The molecule has 1 aromatic heterocycles. The fourth-order valence-corrected chi connectivity index (χ4v) is 4.93. The van der Waals surface area contributed by atoms with Gasteiger partial charge in [0.25, 0.3) is 0 Å². The van der Waals surface area contributed by atoms with Crippen LogP contribution in [-0.4, -0.2) is 32.5 Å². The van der Waals surface area contributed by atoms with Crippen molar-refractivity contribution in [2.45, 2.75) is 36.0 Å². The van der Waals surface area contributed by atoms with Crippen LogP contribution in [0.5, 0.6) is 0 Å². The summed E-state index contributed by atoms with van der Waals surface area (Å²) in [6.07, 6.45) is 4.25. The van der Waals surface area contributed by atoms with Gasteiger partial charge >= 0.3 is 0 Å². The van der Waals surface area contributed by atoms with Gasteiger partial charge in [-0.05, 0) is 31.7 Å². The van der Waals surface area contributed by atoms with Crippen molar-refractivity contribution < 1.29 is 8.42 Å². The molecule has 1 aromatic rings. The van der Waals surface area contributed by atoms with Crippen LogP contribution in [0.3, 0.4) is 0 Å². The maximum Gasteiger partial charge on any atom is 0.241 e. The van der Waals surface area contributed by atoms with E-state index in [4.69, 9.17) is 0 Å². The number of thiophene rings is 1. The summed E-state index contributed by atoms with van der Waals surface area (Å²) in [5, 5.41) is 4.91. The monoisotopic (exact) mass is 320 g/mol. The van der Waals surface area contributed by atoms with E-state index in [1.807, 2.05) is 13.2 Å². The molecule has 4 nitrogen and oxygen atoms in total. The second-order valence-corrected chi connectivity index (χ2v) is 8.78. The molecule has 19 heavy (non-hydrogen) atoms. The van der Waals surface area contributed by atoms with Gasteiger partial charge in [-0.2, -0.15) is 11.8 Å². The van der Waals surface area contributed by atoms with Crippen LogP contribution in [0.4, 0.5) is 0 Å². The number of hydrogen-bond acceptors (Lipinski definition) is 5. The van der Waals surface area contributed by atoms with Crippen LogP contribution in [0.25, 0.3) is 0 Å². The largest absolute Gasteiger partial charge is 0.312 e. The van der Waals surface area contributed by atoms with Crippen molar-refractivity contribution in [3.8, 4) is 0 Å². The summed E-state index contributed by atoms with van der Waals surface area (Å²) >= 11 is 3.24. The Balaban J connectivity index is 1.97. The van der Waals surface area contributed by atoms with Crippen molar-refractivity contribution in [2.24, 2.45) is 0 Å². The zero-order valence-corrected chi connectivity index (χ0v) is 13.7. The second kappa shape index (κ2) is 6.13. The van der Waals surface area contributed by atoms with Crippen LogP contribution in [0.2, 0.25) is 0 Å². The fourth-order valence-electron chi connectivity index (χ4n) is 1.74. The SMILES string of the molecule is CCNCc1cc(S(=O)(=O)NCC2(SC)CC2)cs1. The molecule has 1 aliphatic carbocycles. The fraction of sp³-hybridized carbons (Fsp3) is 0.667. The Labute approximate surface area is 123 Å². The molecule has 0 aliphatic heterocycles. The number of rotatable bonds is 8. The number of thioether (sulfide) groups is 1. The molecule has 0 unspecified atom stereocenters. The average Bonchev–Trinajstić information content (AvgIpc) is 3.03. The molecule has 0 radical (unpaired) electrons. The van der Waals surface area contributed by atoms with Crippen LogP contribution in [0, 0.1) is 0 Å². The van der Waals surface area contributed by atoms with E-state index in [1.54, 1.807) is 23.2 Å². The van der Waals surface area contributed by atoms with Crippen LogP contribution in [0.1, 0.15) is 24.6 Å². The molecule has 1 saturated carbocycles. The molecule has 0 amide bonds. The van der Waals surface area contributed by atoms with Crippen LogP contribution in [0.15, 0.2) is 16.3 Å². The first-order valence-electron chi connectivity index (χ1n) is 6.34. The Morgan fingerprint density at radius 1 is 1.47 bits per heavy atom. The van der Waals surface area contributed by atoms with Gasteiger partial charge in [0.05, 0.1) is 4.90 Å². The Morgan fingerprint density at radius 2 is 2.21 bits per heavy atom. The lowest BCUT2D eigenvalue weighted by Crippen LogP contribution is -2.31. The van der Waals surface area contributed by atoms with Crippen molar-refractivity contribution >= 4 is 33.1 Å². The predicted molar refractivity (Wildman–Crippen MR) is 82.4 cm³/mol. The van der Waals surface area contributed by atoms with E-state index in [1.165, 1.54) is 11.3 Å². The second-order valence-electron chi connectivity index (χ2n) is 4.74. The number of nitrogens with one attached hydrogen (secondary N) is 2. The molecule has 108 valence electrons. The van der Waals surface area contributed by atoms with E-state index in [-0.39, 0.29) is 4.75 Å². The molecule has 0 bridgehead atoms. The van der Waals surface area contributed by atoms with Gasteiger partial charge in [-0.25, -0.2) is 13.1 Å². The Kier molecular flexibility index (Phi) is 4.94. The van der Waals surface area contributed by atoms with Gasteiger partial charge in [0, 0.05) is 28.1 Å². The molecule has 0 spiro atoms. The smallest absolute Gasteiger partial charge is 0.241 e. The third kappa shape index (κ3) is 3.95. The van der Waals surface area contributed by atoms with Crippen LogP contribution in [-0.2, 0) is 16.6 Å². The van der Waals surface area contributed by atoms with E-state index < -0.39 is 10.0 Å². The zero-order valence-electron chi connectivity index (χ0n) is 11.2. The number of hydrogen-bond donors (Lipinski definition) is 2. The molecule has 7 heteroatoms. The Hall–Kier alpha value is -0.0800. The minimum atomic E-state index is -3.35. The molecule has 2 N–H and O–H groups in total. The van der Waals surface area contributed by atoms with Gasteiger partial charge in [-0.15, -0.1) is 11.3 Å². The average molecular weight is 321 g/mol. The van der Waals surface area contributed by atoms with E-state index in [0.717, 1.165) is 30.8 Å². The van der Waals surface area contributed by atoms with Gasteiger partial charge < -0.3 is 5.32 Å². The first kappa shape index (κ1) is 15.3. The quantitative estimate of drug-likeness (QED) is 0.769. The minimum absolute atomic E-state index is 0.148. The van der Waals surface area contributed by atoms with Crippen molar-refractivity contribution in [1.82, 2.24) is 10.0 Å². The van der Waals surface area contributed by atoms with Crippen LogP contribution >= 0.6 is 23.1 Å². The molecular formula is C12H20N2O2S3. The van der Waals surface area contributed by atoms with Crippen molar-refractivity contribution in [3.63, 3.8) is 0 Å². The lowest BCUT2D eigenvalue weighted by molar-refractivity contribution is 0.580.